The molecule has 0 N–H and O–H groups in total. The van der Waals surface area contributed by atoms with E-state index in [1.807, 2.05) is 17.1 Å². The Labute approximate surface area is 186 Å². The van der Waals surface area contributed by atoms with Gasteiger partial charge in [0.05, 0.1) is 40.9 Å². The summed E-state index contributed by atoms with van der Waals surface area (Å²) in [7, 11) is 0. The molecule has 30 heavy (non-hydrogen) atoms. The SMILES string of the molecule is CC1(N2CCN(c3cc4c(cnn4-c4cnn(C5CC5)c4)cc3Cl)CC2)CCSC1. The van der Waals surface area contributed by atoms with E-state index in [9.17, 15) is 0 Å². The third kappa shape index (κ3) is 3.22. The molecule has 8 heteroatoms. The molecule has 6 nitrogen and oxygen atoms in total. The zero-order chi connectivity index (χ0) is 20.3. The first kappa shape index (κ1) is 19.0. The van der Waals surface area contributed by atoms with Gasteiger partial charge in [-0.2, -0.15) is 22.0 Å². The Morgan fingerprint density at radius 2 is 1.93 bits per heavy atom. The highest BCUT2D eigenvalue weighted by molar-refractivity contribution is 7.99. The van der Waals surface area contributed by atoms with E-state index in [0.717, 1.165) is 53.5 Å². The zero-order valence-electron chi connectivity index (χ0n) is 17.3. The average molecular weight is 443 g/mol. The molecule has 3 aliphatic rings. The highest BCUT2D eigenvalue weighted by atomic mass is 35.5. The first-order chi connectivity index (χ1) is 14.6. The van der Waals surface area contributed by atoms with Gasteiger partial charge in [-0.15, -0.1) is 0 Å². The van der Waals surface area contributed by atoms with E-state index >= 15 is 0 Å². The van der Waals surface area contributed by atoms with E-state index in [4.69, 9.17) is 11.6 Å². The Morgan fingerprint density at radius 1 is 1.10 bits per heavy atom. The Balaban J connectivity index is 1.27. The zero-order valence-corrected chi connectivity index (χ0v) is 18.9. The second-order valence-electron chi connectivity index (χ2n) is 9.10. The number of nitrogens with zero attached hydrogens (tertiary/aromatic N) is 6. The van der Waals surface area contributed by atoms with Gasteiger partial charge in [0.15, 0.2) is 0 Å². The largest absolute Gasteiger partial charge is 0.368 e. The number of thioether (sulfide) groups is 1. The van der Waals surface area contributed by atoms with Gasteiger partial charge in [-0.3, -0.25) is 9.58 Å². The topological polar surface area (TPSA) is 42.1 Å². The molecule has 1 atom stereocenters. The van der Waals surface area contributed by atoms with Gasteiger partial charge in [-0.25, -0.2) is 4.68 Å². The lowest BCUT2D eigenvalue weighted by Crippen LogP contribution is -2.56. The fourth-order valence-electron chi connectivity index (χ4n) is 4.85. The maximum atomic E-state index is 6.72. The normalized spacial score (nSPS) is 25.5. The van der Waals surface area contributed by atoms with Crippen molar-refractivity contribution in [2.24, 2.45) is 0 Å². The van der Waals surface area contributed by atoms with Crippen LogP contribution in [0.25, 0.3) is 16.6 Å². The van der Waals surface area contributed by atoms with Crippen LogP contribution in [0, 0.1) is 0 Å². The first-order valence-electron chi connectivity index (χ1n) is 10.9. The van der Waals surface area contributed by atoms with Gasteiger partial charge in [0.1, 0.15) is 5.69 Å². The van der Waals surface area contributed by atoms with Crippen molar-refractivity contribution < 1.29 is 0 Å². The summed E-state index contributed by atoms with van der Waals surface area (Å²) >= 11 is 8.82. The van der Waals surface area contributed by atoms with Gasteiger partial charge >= 0.3 is 0 Å². The summed E-state index contributed by atoms with van der Waals surface area (Å²) in [5, 5.41) is 11.0. The number of fused-ring (bicyclic) bond motifs is 1. The van der Waals surface area contributed by atoms with Crippen molar-refractivity contribution in [3.63, 3.8) is 0 Å². The molecule has 1 saturated carbocycles. The van der Waals surface area contributed by atoms with Gasteiger partial charge in [0.2, 0.25) is 0 Å². The molecule has 0 radical (unpaired) electrons. The van der Waals surface area contributed by atoms with Crippen LogP contribution >= 0.6 is 23.4 Å². The third-order valence-corrected chi connectivity index (χ3v) is 8.59. The molecule has 1 unspecified atom stereocenters. The summed E-state index contributed by atoms with van der Waals surface area (Å²) in [5.41, 5.74) is 3.59. The number of piperazine rings is 1. The third-order valence-electron chi connectivity index (χ3n) is 6.97. The molecule has 0 amide bonds. The van der Waals surface area contributed by atoms with Crippen LogP contribution in [0.5, 0.6) is 0 Å². The van der Waals surface area contributed by atoms with E-state index in [0.29, 0.717) is 11.6 Å². The van der Waals surface area contributed by atoms with E-state index in [1.54, 1.807) is 0 Å². The smallest absolute Gasteiger partial charge is 0.103 e. The van der Waals surface area contributed by atoms with Crippen molar-refractivity contribution in [3.8, 4) is 5.69 Å². The lowest BCUT2D eigenvalue weighted by Gasteiger charge is -2.44. The predicted molar refractivity (Wildman–Crippen MR) is 124 cm³/mol. The van der Waals surface area contributed by atoms with Crippen molar-refractivity contribution in [2.45, 2.75) is 37.8 Å². The highest BCUT2D eigenvalue weighted by Gasteiger charge is 2.37. The summed E-state index contributed by atoms with van der Waals surface area (Å²) in [6.45, 7) is 6.65. The number of benzene rings is 1. The Kier molecular flexibility index (Phi) is 4.55. The van der Waals surface area contributed by atoms with Crippen molar-refractivity contribution in [2.75, 3.05) is 42.6 Å². The maximum Gasteiger partial charge on any atom is 0.103 e. The molecule has 4 heterocycles. The fourth-order valence-corrected chi connectivity index (χ4v) is 6.64. The number of aromatic nitrogens is 4. The molecule has 2 aromatic heterocycles. The van der Waals surface area contributed by atoms with Gasteiger partial charge in [0, 0.05) is 42.9 Å². The van der Waals surface area contributed by atoms with Gasteiger partial charge < -0.3 is 4.90 Å². The molecule has 158 valence electrons. The molecule has 3 fully saturated rings. The number of hydrogen-bond donors (Lipinski definition) is 0. The van der Waals surface area contributed by atoms with Crippen LogP contribution in [0.2, 0.25) is 5.02 Å². The van der Waals surface area contributed by atoms with E-state index in [-0.39, 0.29) is 0 Å². The molecule has 0 bridgehead atoms. The quantitative estimate of drug-likeness (QED) is 0.604. The Bertz CT molecular complexity index is 1070. The second-order valence-corrected chi connectivity index (χ2v) is 10.6. The van der Waals surface area contributed by atoms with Gasteiger partial charge in [0.25, 0.3) is 0 Å². The van der Waals surface area contributed by atoms with Crippen LogP contribution in [-0.2, 0) is 0 Å². The fraction of sp³-hybridized carbons (Fsp3) is 0.545. The van der Waals surface area contributed by atoms with E-state index in [1.165, 1.54) is 30.8 Å². The maximum absolute atomic E-state index is 6.72. The molecule has 6 rings (SSSR count). The van der Waals surface area contributed by atoms with Crippen LogP contribution in [0.4, 0.5) is 5.69 Å². The van der Waals surface area contributed by atoms with Crippen LogP contribution in [-0.4, -0.2) is 67.7 Å². The minimum absolute atomic E-state index is 0.366. The summed E-state index contributed by atoms with van der Waals surface area (Å²) in [5.74, 6) is 2.55. The van der Waals surface area contributed by atoms with Crippen LogP contribution in [0.3, 0.4) is 0 Å². The summed E-state index contributed by atoms with van der Waals surface area (Å²) in [6.07, 6.45) is 9.68. The Morgan fingerprint density at radius 3 is 2.67 bits per heavy atom. The average Bonchev–Trinajstić information content (AvgIpc) is 3.13. The minimum atomic E-state index is 0.366. The monoisotopic (exact) mass is 442 g/mol. The van der Waals surface area contributed by atoms with Crippen molar-refractivity contribution in [1.29, 1.82) is 0 Å². The minimum Gasteiger partial charge on any atom is -0.368 e. The number of rotatable bonds is 4. The lowest BCUT2D eigenvalue weighted by atomic mass is 9.98. The first-order valence-corrected chi connectivity index (χ1v) is 12.4. The standard InChI is InChI=1S/C22H27ClN6S/c1-22(4-9-30-15-22)27-7-5-26(6-8-27)21-11-20-16(10-19(21)23)12-25-29(20)18-13-24-28(14-18)17-2-3-17/h10-14,17H,2-9,15H2,1H3. The second kappa shape index (κ2) is 7.18. The number of anilines is 1. The van der Waals surface area contributed by atoms with Gasteiger partial charge in [-0.05, 0) is 44.1 Å². The molecule has 0 spiro atoms. The molecule has 3 aromatic rings. The molecular weight excluding hydrogens is 416 g/mol. The predicted octanol–water partition coefficient (Wildman–Crippen LogP) is 4.23. The van der Waals surface area contributed by atoms with Crippen LogP contribution in [0.15, 0.2) is 30.7 Å². The molecule has 1 aromatic carbocycles. The number of hydrogen-bond acceptors (Lipinski definition) is 5. The van der Waals surface area contributed by atoms with Gasteiger partial charge in [-0.1, -0.05) is 11.6 Å². The number of halogens is 1. The Hall–Kier alpha value is -1.70. The van der Waals surface area contributed by atoms with E-state index < -0.39 is 0 Å². The summed E-state index contributed by atoms with van der Waals surface area (Å²) < 4.78 is 4.06. The van der Waals surface area contributed by atoms with Crippen molar-refractivity contribution >= 4 is 40.0 Å². The van der Waals surface area contributed by atoms with Crippen LogP contribution in [0.1, 0.15) is 32.2 Å². The summed E-state index contributed by atoms with van der Waals surface area (Å²) in [6, 6.07) is 4.84. The van der Waals surface area contributed by atoms with Crippen LogP contribution < -0.4 is 4.90 Å². The van der Waals surface area contributed by atoms with Crippen molar-refractivity contribution in [3.05, 3.63) is 35.7 Å². The molecule has 2 saturated heterocycles. The molecule has 2 aliphatic heterocycles. The summed E-state index contributed by atoms with van der Waals surface area (Å²) in [4.78, 5) is 5.13. The molecular formula is C22H27ClN6S. The van der Waals surface area contributed by atoms with E-state index in [2.05, 4.69) is 61.7 Å². The van der Waals surface area contributed by atoms with Crippen molar-refractivity contribution in [1.82, 2.24) is 24.5 Å². The molecule has 1 aliphatic carbocycles. The lowest BCUT2D eigenvalue weighted by molar-refractivity contribution is 0.118. The highest BCUT2D eigenvalue weighted by Crippen LogP contribution is 2.37.